The van der Waals surface area contributed by atoms with Gasteiger partial charge >= 0.3 is 5.97 Å². The molecule has 0 fully saturated rings. The van der Waals surface area contributed by atoms with Crippen LogP contribution in [0.1, 0.15) is 19.4 Å². The molecule has 3 nitrogen and oxygen atoms in total. The molecule has 88 valence electrons. The van der Waals surface area contributed by atoms with E-state index in [-0.39, 0.29) is 11.9 Å². The second kappa shape index (κ2) is 6.28. The van der Waals surface area contributed by atoms with Gasteiger partial charge in [0.1, 0.15) is 6.04 Å². The molecular weight excluding hydrogens is 202 g/mol. The molecule has 0 bridgehead atoms. The molecule has 0 heterocycles. The zero-order valence-electron chi connectivity index (χ0n) is 9.85. The van der Waals surface area contributed by atoms with E-state index in [4.69, 9.17) is 10.5 Å². The fourth-order valence-corrected chi connectivity index (χ4v) is 1.28. The second-order valence-corrected chi connectivity index (χ2v) is 4.17. The van der Waals surface area contributed by atoms with E-state index in [0.717, 1.165) is 12.0 Å². The van der Waals surface area contributed by atoms with Crippen molar-refractivity contribution in [2.45, 2.75) is 26.3 Å². The van der Waals surface area contributed by atoms with Gasteiger partial charge in [-0.05, 0) is 11.5 Å². The van der Waals surface area contributed by atoms with Crippen LogP contribution in [-0.2, 0) is 16.0 Å². The lowest BCUT2D eigenvalue weighted by Crippen LogP contribution is -2.37. The van der Waals surface area contributed by atoms with E-state index < -0.39 is 6.04 Å². The fourth-order valence-electron chi connectivity index (χ4n) is 1.28. The first kappa shape index (κ1) is 12.7. The summed E-state index contributed by atoms with van der Waals surface area (Å²) in [5, 5.41) is 0. The number of hydrogen-bond acceptors (Lipinski definition) is 3. The maximum absolute atomic E-state index is 11.4. The van der Waals surface area contributed by atoms with E-state index in [0.29, 0.717) is 6.61 Å². The van der Waals surface area contributed by atoms with Crippen LogP contribution < -0.4 is 5.73 Å². The van der Waals surface area contributed by atoms with Gasteiger partial charge in [0.25, 0.3) is 0 Å². The van der Waals surface area contributed by atoms with E-state index in [1.165, 1.54) is 0 Å². The van der Waals surface area contributed by atoms with Crippen molar-refractivity contribution in [3.63, 3.8) is 0 Å². The molecule has 1 aromatic carbocycles. The SMILES string of the molecule is CC(C)[C@H](N)C(=O)OCCc1ccccc1. The minimum Gasteiger partial charge on any atom is -0.464 e. The van der Waals surface area contributed by atoms with Crippen molar-refractivity contribution in [3.05, 3.63) is 35.9 Å². The Hall–Kier alpha value is -1.35. The number of carbonyl (C=O) groups excluding carboxylic acids is 1. The van der Waals surface area contributed by atoms with Gasteiger partial charge in [0.2, 0.25) is 0 Å². The highest BCUT2D eigenvalue weighted by molar-refractivity contribution is 5.75. The highest BCUT2D eigenvalue weighted by Crippen LogP contribution is 2.03. The summed E-state index contributed by atoms with van der Waals surface area (Å²) in [5.41, 5.74) is 6.83. The first-order valence-corrected chi connectivity index (χ1v) is 5.57. The van der Waals surface area contributed by atoms with E-state index >= 15 is 0 Å². The summed E-state index contributed by atoms with van der Waals surface area (Å²) in [7, 11) is 0. The Morgan fingerprint density at radius 2 is 1.94 bits per heavy atom. The average Bonchev–Trinajstić information content (AvgIpc) is 2.29. The van der Waals surface area contributed by atoms with Crippen molar-refractivity contribution in [2.24, 2.45) is 11.7 Å². The van der Waals surface area contributed by atoms with Gasteiger partial charge < -0.3 is 10.5 Å². The van der Waals surface area contributed by atoms with Crippen LogP contribution in [0.4, 0.5) is 0 Å². The van der Waals surface area contributed by atoms with E-state index in [1.54, 1.807) is 0 Å². The number of hydrogen-bond donors (Lipinski definition) is 1. The maximum atomic E-state index is 11.4. The van der Waals surface area contributed by atoms with Gasteiger partial charge in [-0.15, -0.1) is 0 Å². The molecular formula is C13H19NO2. The summed E-state index contributed by atoms with van der Waals surface area (Å²) in [6.07, 6.45) is 0.734. The van der Waals surface area contributed by atoms with Crippen molar-refractivity contribution < 1.29 is 9.53 Å². The van der Waals surface area contributed by atoms with Gasteiger partial charge in [0, 0.05) is 6.42 Å². The summed E-state index contributed by atoms with van der Waals surface area (Å²) < 4.78 is 5.11. The molecule has 0 spiro atoms. The Labute approximate surface area is 96.6 Å². The van der Waals surface area contributed by atoms with Crippen LogP contribution in [0, 0.1) is 5.92 Å². The molecule has 16 heavy (non-hydrogen) atoms. The summed E-state index contributed by atoms with van der Waals surface area (Å²) >= 11 is 0. The molecule has 0 radical (unpaired) electrons. The topological polar surface area (TPSA) is 52.3 Å². The lowest BCUT2D eigenvalue weighted by Gasteiger charge is -2.14. The monoisotopic (exact) mass is 221 g/mol. The van der Waals surface area contributed by atoms with Gasteiger partial charge in [-0.2, -0.15) is 0 Å². The zero-order valence-corrected chi connectivity index (χ0v) is 9.85. The Morgan fingerprint density at radius 3 is 2.50 bits per heavy atom. The first-order chi connectivity index (χ1) is 7.61. The van der Waals surface area contributed by atoms with Crippen molar-refractivity contribution in [1.82, 2.24) is 0 Å². The summed E-state index contributed by atoms with van der Waals surface area (Å²) in [6.45, 7) is 4.20. The number of rotatable bonds is 5. The molecule has 0 aromatic heterocycles. The van der Waals surface area contributed by atoms with Crippen LogP contribution in [0.5, 0.6) is 0 Å². The van der Waals surface area contributed by atoms with Crippen LogP contribution >= 0.6 is 0 Å². The van der Waals surface area contributed by atoms with E-state index in [9.17, 15) is 4.79 Å². The van der Waals surface area contributed by atoms with Crippen LogP contribution in [0.25, 0.3) is 0 Å². The number of esters is 1. The van der Waals surface area contributed by atoms with Crippen molar-refractivity contribution >= 4 is 5.97 Å². The van der Waals surface area contributed by atoms with E-state index in [1.807, 2.05) is 44.2 Å². The van der Waals surface area contributed by atoms with Crippen LogP contribution in [0.3, 0.4) is 0 Å². The van der Waals surface area contributed by atoms with Crippen LogP contribution in [0.15, 0.2) is 30.3 Å². The smallest absolute Gasteiger partial charge is 0.323 e. The summed E-state index contributed by atoms with van der Waals surface area (Å²) in [4.78, 5) is 11.4. The third kappa shape index (κ3) is 4.03. The lowest BCUT2D eigenvalue weighted by molar-refractivity contribution is -0.146. The standard InChI is InChI=1S/C13H19NO2/c1-10(2)12(14)13(15)16-9-8-11-6-4-3-5-7-11/h3-7,10,12H,8-9,14H2,1-2H3/t12-/m0/s1. The minimum atomic E-state index is -0.518. The van der Waals surface area contributed by atoms with Crippen LogP contribution in [0.2, 0.25) is 0 Å². The van der Waals surface area contributed by atoms with E-state index in [2.05, 4.69) is 0 Å². The van der Waals surface area contributed by atoms with Gasteiger partial charge in [0.15, 0.2) is 0 Å². The van der Waals surface area contributed by atoms with Gasteiger partial charge in [-0.3, -0.25) is 4.79 Å². The molecule has 0 saturated carbocycles. The third-order valence-electron chi connectivity index (χ3n) is 2.47. The molecule has 3 heteroatoms. The molecule has 1 rings (SSSR count). The fraction of sp³-hybridized carbons (Fsp3) is 0.462. The number of ether oxygens (including phenoxy) is 1. The Kier molecular flexibility index (Phi) is 4.99. The largest absolute Gasteiger partial charge is 0.464 e. The third-order valence-corrected chi connectivity index (χ3v) is 2.47. The maximum Gasteiger partial charge on any atom is 0.323 e. The zero-order chi connectivity index (χ0) is 12.0. The molecule has 0 aliphatic heterocycles. The highest BCUT2D eigenvalue weighted by Gasteiger charge is 2.18. The Bertz CT molecular complexity index is 322. The normalized spacial score (nSPS) is 12.5. The molecule has 1 aromatic rings. The van der Waals surface area contributed by atoms with Gasteiger partial charge in [-0.1, -0.05) is 44.2 Å². The van der Waals surface area contributed by atoms with Crippen molar-refractivity contribution in [3.8, 4) is 0 Å². The highest BCUT2D eigenvalue weighted by atomic mass is 16.5. The number of nitrogens with two attached hydrogens (primary N) is 1. The molecule has 0 aliphatic carbocycles. The molecule has 2 N–H and O–H groups in total. The summed E-state index contributed by atoms with van der Waals surface area (Å²) in [5.74, 6) is -0.199. The molecule has 0 saturated heterocycles. The molecule has 0 unspecified atom stereocenters. The Morgan fingerprint density at radius 1 is 1.31 bits per heavy atom. The average molecular weight is 221 g/mol. The second-order valence-electron chi connectivity index (χ2n) is 4.17. The Balaban J connectivity index is 2.28. The predicted octanol–water partition coefficient (Wildman–Crippen LogP) is 1.76. The molecule has 0 aliphatic rings. The molecule has 0 amide bonds. The van der Waals surface area contributed by atoms with Gasteiger partial charge in [0.05, 0.1) is 6.61 Å². The quantitative estimate of drug-likeness (QED) is 0.771. The van der Waals surface area contributed by atoms with Crippen LogP contribution in [-0.4, -0.2) is 18.6 Å². The lowest BCUT2D eigenvalue weighted by atomic mass is 10.1. The number of carbonyl (C=O) groups is 1. The van der Waals surface area contributed by atoms with Gasteiger partial charge in [-0.25, -0.2) is 0 Å². The molecule has 1 atom stereocenters. The summed E-state index contributed by atoms with van der Waals surface area (Å²) in [6, 6.07) is 9.40. The first-order valence-electron chi connectivity index (χ1n) is 5.57. The van der Waals surface area contributed by atoms with Crippen molar-refractivity contribution in [2.75, 3.05) is 6.61 Å². The predicted molar refractivity (Wildman–Crippen MR) is 63.9 cm³/mol. The van der Waals surface area contributed by atoms with Crippen molar-refractivity contribution in [1.29, 1.82) is 0 Å². The minimum absolute atomic E-state index is 0.115. The number of benzene rings is 1.